The Morgan fingerprint density at radius 1 is 1.16 bits per heavy atom. The quantitative estimate of drug-likeness (QED) is 0.944. The molecule has 0 saturated heterocycles. The smallest absolute Gasteiger partial charge is 0.242 e. The van der Waals surface area contributed by atoms with Gasteiger partial charge in [-0.05, 0) is 31.2 Å². The Balaban J connectivity index is 2.26. The molecule has 0 unspecified atom stereocenters. The van der Waals surface area contributed by atoms with Crippen molar-refractivity contribution in [2.24, 2.45) is 0 Å². The number of halogens is 1. The van der Waals surface area contributed by atoms with Crippen LogP contribution in [0.25, 0.3) is 0 Å². The van der Waals surface area contributed by atoms with Gasteiger partial charge < -0.3 is 0 Å². The van der Waals surface area contributed by atoms with Crippen LogP contribution < -0.4 is 4.72 Å². The van der Waals surface area contributed by atoms with Crippen molar-refractivity contribution in [3.63, 3.8) is 0 Å². The number of rotatable bonds is 4. The Bertz CT molecular complexity index is 659. The summed E-state index contributed by atoms with van der Waals surface area (Å²) in [5, 5.41) is 0.197. The molecule has 1 heterocycles. The van der Waals surface area contributed by atoms with Crippen molar-refractivity contribution in [3.8, 4) is 0 Å². The molecule has 2 aromatic rings. The third-order valence-electron chi connectivity index (χ3n) is 2.59. The molecule has 0 spiro atoms. The second kappa shape index (κ2) is 5.69. The number of nitrogens with zero attached hydrogens (tertiary/aromatic N) is 1. The fraction of sp³-hybridized carbons (Fsp3) is 0.154. The minimum Gasteiger partial charge on any atom is -0.260 e. The van der Waals surface area contributed by atoms with E-state index in [1.807, 2.05) is 6.07 Å². The van der Waals surface area contributed by atoms with Crippen molar-refractivity contribution in [1.82, 2.24) is 9.71 Å². The standard InChI is InChI=1S/C13H13ClN2O2S/c1-10(12-7-4-5-9-15-12)16-19(17,18)13-8-3-2-6-11(13)14/h2-10,16H,1H3/t10-/m1/s1. The summed E-state index contributed by atoms with van der Waals surface area (Å²) in [4.78, 5) is 4.19. The SMILES string of the molecule is C[C@@H](NS(=O)(=O)c1ccccc1Cl)c1ccccn1. The minimum atomic E-state index is -3.66. The Kier molecular flexibility index (Phi) is 4.19. The molecule has 0 aliphatic rings. The summed E-state index contributed by atoms with van der Waals surface area (Å²) in [6, 6.07) is 11.2. The highest BCUT2D eigenvalue weighted by Crippen LogP contribution is 2.22. The van der Waals surface area contributed by atoms with Gasteiger partial charge in [0.05, 0.1) is 16.8 Å². The van der Waals surface area contributed by atoms with E-state index in [2.05, 4.69) is 9.71 Å². The van der Waals surface area contributed by atoms with Crippen LogP contribution in [0.3, 0.4) is 0 Å². The van der Waals surface area contributed by atoms with Crippen LogP contribution in [-0.2, 0) is 10.0 Å². The molecule has 0 aliphatic carbocycles. The van der Waals surface area contributed by atoms with Crippen molar-refractivity contribution in [2.75, 3.05) is 0 Å². The molecule has 4 nitrogen and oxygen atoms in total. The predicted molar refractivity (Wildman–Crippen MR) is 74.4 cm³/mol. The molecule has 0 aliphatic heterocycles. The highest BCUT2D eigenvalue weighted by atomic mass is 35.5. The Hall–Kier alpha value is -1.43. The van der Waals surface area contributed by atoms with Gasteiger partial charge >= 0.3 is 0 Å². The molecule has 0 amide bonds. The lowest BCUT2D eigenvalue weighted by Gasteiger charge is -2.14. The van der Waals surface area contributed by atoms with Gasteiger partial charge in [0.1, 0.15) is 4.90 Å². The number of aromatic nitrogens is 1. The first-order valence-electron chi connectivity index (χ1n) is 5.68. The van der Waals surface area contributed by atoms with Crippen molar-refractivity contribution >= 4 is 21.6 Å². The third kappa shape index (κ3) is 3.32. The average molecular weight is 297 g/mol. The van der Waals surface area contributed by atoms with Gasteiger partial charge in [0, 0.05) is 6.20 Å². The van der Waals surface area contributed by atoms with E-state index in [0.717, 1.165) is 0 Å². The zero-order valence-corrected chi connectivity index (χ0v) is 11.8. The van der Waals surface area contributed by atoms with E-state index in [1.54, 1.807) is 43.5 Å². The van der Waals surface area contributed by atoms with Crippen LogP contribution in [-0.4, -0.2) is 13.4 Å². The highest BCUT2D eigenvalue weighted by Gasteiger charge is 2.21. The topological polar surface area (TPSA) is 59.1 Å². The van der Waals surface area contributed by atoms with E-state index in [9.17, 15) is 8.42 Å². The zero-order valence-electron chi connectivity index (χ0n) is 10.2. The molecular weight excluding hydrogens is 284 g/mol. The average Bonchev–Trinajstić information content (AvgIpc) is 2.39. The first-order chi connectivity index (χ1) is 9.00. The molecule has 0 saturated carbocycles. The molecule has 6 heteroatoms. The second-order valence-electron chi connectivity index (χ2n) is 4.03. The lowest BCUT2D eigenvalue weighted by Crippen LogP contribution is -2.27. The van der Waals surface area contributed by atoms with Gasteiger partial charge in [-0.15, -0.1) is 0 Å². The molecule has 1 atom stereocenters. The first kappa shape index (κ1) is 14.0. The number of benzene rings is 1. The Morgan fingerprint density at radius 3 is 2.47 bits per heavy atom. The van der Waals surface area contributed by atoms with E-state index in [0.29, 0.717) is 5.69 Å². The molecule has 0 bridgehead atoms. The molecule has 2 rings (SSSR count). The number of nitrogens with one attached hydrogen (secondary N) is 1. The predicted octanol–water partition coefficient (Wildman–Crippen LogP) is 2.77. The van der Waals surface area contributed by atoms with Gasteiger partial charge in [-0.2, -0.15) is 0 Å². The first-order valence-corrected chi connectivity index (χ1v) is 7.54. The number of hydrogen-bond donors (Lipinski definition) is 1. The molecule has 19 heavy (non-hydrogen) atoms. The normalized spacial score (nSPS) is 13.2. The molecular formula is C13H13ClN2O2S. The van der Waals surface area contributed by atoms with Crippen LogP contribution in [0, 0.1) is 0 Å². The summed E-state index contributed by atoms with van der Waals surface area (Å²) in [6.07, 6.45) is 1.62. The van der Waals surface area contributed by atoms with Crippen LogP contribution in [0.1, 0.15) is 18.7 Å². The van der Waals surface area contributed by atoms with Crippen LogP contribution in [0.4, 0.5) is 0 Å². The van der Waals surface area contributed by atoms with Gasteiger partial charge in [0.2, 0.25) is 10.0 Å². The molecule has 0 fully saturated rings. The Labute approximate surface area is 117 Å². The maximum Gasteiger partial charge on any atom is 0.242 e. The summed E-state index contributed by atoms with van der Waals surface area (Å²) in [7, 11) is -3.66. The molecule has 1 aromatic heterocycles. The van der Waals surface area contributed by atoms with Gasteiger partial charge in [-0.3, -0.25) is 4.98 Å². The summed E-state index contributed by atoms with van der Waals surface area (Å²) in [6.45, 7) is 1.73. The van der Waals surface area contributed by atoms with Gasteiger partial charge in [0.25, 0.3) is 0 Å². The fourth-order valence-electron chi connectivity index (χ4n) is 1.65. The van der Waals surface area contributed by atoms with Crippen molar-refractivity contribution in [2.45, 2.75) is 17.9 Å². The van der Waals surface area contributed by atoms with Gasteiger partial charge in [-0.25, -0.2) is 13.1 Å². The zero-order chi connectivity index (χ0) is 13.9. The summed E-state index contributed by atoms with van der Waals surface area (Å²) >= 11 is 5.90. The van der Waals surface area contributed by atoms with E-state index in [4.69, 9.17) is 11.6 Å². The second-order valence-corrected chi connectivity index (χ2v) is 6.12. The number of sulfonamides is 1. The number of pyridine rings is 1. The van der Waals surface area contributed by atoms with E-state index in [1.165, 1.54) is 6.07 Å². The monoisotopic (exact) mass is 296 g/mol. The van der Waals surface area contributed by atoms with Crippen molar-refractivity contribution in [1.29, 1.82) is 0 Å². The highest BCUT2D eigenvalue weighted by molar-refractivity contribution is 7.89. The van der Waals surface area contributed by atoms with Crippen LogP contribution in [0.5, 0.6) is 0 Å². The van der Waals surface area contributed by atoms with E-state index >= 15 is 0 Å². The van der Waals surface area contributed by atoms with Crippen LogP contribution in [0.2, 0.25) is 5.02 Å². The largest absolute Gasteiger partial charge is 0.260 e. The summed E-state index contributed by atoms with van der Waals surface area (Å²) in [5.41, 5.74) is 0.651. The molecule has 1 aromatic carbocycles. The van der Waals surface area contributed by atoms with Crippen molar-refractivity contribution < 1.29 is 8.42 Å². The van der Waals surface area contributed by atoms with Gasteiger partial charge in [0.15, 0.2) is 0 Å². The third-order valence-corrected chi connectivity index (χ3v) is 4.63. The minimum absolute atomic E-state index is 0.0689. The van der Waals surface area contributed by atoms with E-state index in [-0.39, 0.29) is 9.92 Å². The van der Waals surface area contributed by atoms with Crippen LogP contribution in [0.15, 0.2) is 53.6 Å². The lowest BCUT2D eigenvalue weighted by molar-refractivity contribution is 0.564. The van der Waals surface area contributed by atoms with Gasteiger partial charge in [-0.1, -0.05) is 29.8 Å². The maximum atomic E-state index is 12.2. The number of hydrogen-bond acceptors (Lipinski definition) is 3. The fourth-order valence-corrected chi connectivity index (χ4v) is 3.39. The molecule has 100 valence electrons. The maximum absolute atomic E-state index is 12.2. The van der Waals surface area contributed by atoms with Crippen molar-refractivity contribution in [3.05, 3.63) is 59.4 Å². The molecule has 1 N–H and O–H groups in total. The van der Waals surface area contributed by atoms with E-state index < -0.39 is 16.1 Å². The lowest BCUT2D eigenvalue weighted by atomic mass is 10.2. The summed E-state index contributed by atoms with van der Waals surface area (Å²) in [5.74, 6) is 0. The summed E-state index contributed by atoms with van der Waals surface area (Å²) < 4.78 is 27.0. The molecule has 0 radical (unpaired) electrons. The Morgan fingerprint density at radius 2 is 1.84 bits per heavy atom. The van der Waals surface area contributed by atoms with Crippen LogP contribution >= 0.6 is 11.6 Å².